The highest BCUT2D eigenvalue weighted by Gasteiger charge is 2.22. The van der Waals surface area contributed by atoms with Crippen molar-refractivity contribution in [3.05, 3.63) is 71.3 Å². The lowest BCUT2D eigenvalue weighted by Crippen LogP contribution is -2.45. The number of nitrogens with one attached hydrogen (secondary N) is 1. The number of carbonyl (C=O) groups is 1. The van der Waals surface area contributed by atoms with Gasteiger partial charge in [0.15, 0.2) is 11.6 Å². The number of amides is 1. The molecule has 4 nitrogen and oxygen atoms in total. The standard InChI is InChI=1S/C23H26F2N2O2/c1-15-13-27(14-16(2)29-15)20-8-4-7-19(12-20)17(3)26-22(28)11-10-18-6-5-9-21(24)23(18)25/h4-12,15-17H,13-14H2,1-3H3,(H,26,28)/b11-10+/t15-,16+,17-/m1/s1. The zero-order chi connectivity index (χ0) is 21.0. The van der Waals surface area contributed by atoms with E-state index in [0.717, 1.165) is 30.4 Å². The highest BCUT2D eigenvalue weighted by Crippen LogP contribution is 2.24. The molecule has 6 heteroatoms. The van der Waals surface area contributed by atoms with Gasteiger partial charge in [-0.3, -0.25) is 4.79 Å². The minimum absolute atomic E-state index is 0.0327. The van der Waals surface area contributed by atoms with Gasteiger partial charge in [0.1, 0.15) is 0 Å². The summed E-state index contributed by atoms with van der Waals surface area (Å²) in [6.45, 7) is 7.64. The number of anilines is 1. The third-order valence-electron chi connectivity index (χ3n) is 4.91. The fourth-order valence-electron chi connectivity index (χ4n) is 3.54. The Morgan fingerprint density at radius 3 is 2.59 bits per heavy atom. The topological polar surface area (TPSA) is 41.6 Å². The Labute approximate surface area is 170 Å². The molecule has 2 aromatic rings. The number of rotatable bonds is 5. The Hall–Kier alpha value is -2.73. The van der Waals surface area contributed by atoms with Gasteiger partial charge in [-0.2, -0.15) is 0 Å². The first kappa shape index (κ1) is 21.0. The van der Waals surface area contributed by atoms with Crippen LogP contribution < -0.4 is 10.2 Å². The van der Waals surface area contributed by atoms with Gasteiger partial charge in [0, 0.05) is 30.4 Å². The van der Waals surface area contributed by atoms with Crippen molar-refractivity contribution in [2.75, 3.05) is 18.0 Å². The SMILES string of the molecule is C[C@@H]1CN(c2cccc([C@@H](C)NC(=O)/C=C/c3cccc(F)c3F)c2)C[C@H](C)O1. The van der Waals surface area contributed by atoms with Crippen molar-refractivity contribution in [1.29, 1.82) is 0 Å². The molecule has 154 valence electrons. The Morgan fingerprint density at radius 2 is 1.86 bits per heavy atom. The van der Waals surface area contributed by atoms with E-state index in [9.17, 15) is 13.6 Å². The fourth-order valence-corrected chi connectivity index (χ4v) is 3.54. The summed E-state index contributed by atoms with van der Waals surface area (Å²) in [6, 6.07) is 11.7. The molecule has 3 rings (SSSR count). The molecule has 0 aliphatic carbocycles. The zero-order valence-electron chi connectivity index (χ0n) is 16.9. The van der Waals surface area contributed by atoms with E-state index >= 15 is 0 Å². The molecule has 1 heterocycles. The summed E-state index contributed by atoms with van der Waals surface area (Å²) >= 11 is 0. The molecule has 1 amide bonds. The lowest BCUT2D eigenvalue weighted by atomic mass is 10.1. The van der Waals surface area contributed by atoms with Gasteiger partial charge in [-0.25, -0.2) is 8.78 Å². The van der Waals surface area contributed by atoms with Crippen molar-refractivity contribution in [2.24, 2.45) is 0 Å². The maximum atomic E-state index is 13.7. The molecule has 0 unspecified atom stereocenters. The Bertz CT molecular complexity index is 890. The van der Waals surface area contributed by atoms with Crippen LogP contribution in [0.25, 0.3) is 6.08 Å². The first-order valence-corrected chi connectivity index (χ1v) is 9.76. The maximum absolute atomic E-state index is 13.7. The van der Waals surface area contributed by atoms with E-state index in [2.05, 4.69) is 36.2 Å². The van der Waals surface area contributed by atoms with Crippen LogP contribution in [-0.4, -0.2) is 31.2 Å². The van der Waals surface area contributed by atoms with E-state index in [1.807, 2.05) is 19.1 Å². The maximum Gasteiger partial charge on any atom is 0.244 e. The van der Waals surface area contributed by atoms with Crippen molar-refractivity contribution >= 4 is 17.7 Å². The smallest absolute Gasteiger partial charge is 0.244 e. The number of hydrogen-bond donors (Lipinski definition) is 1. The Balaban J connectivity index is 1.66. The summed E-state index contributed by atoms with van der Waals surface area (Å²) in [5.41, 5.74) is 2.08. The zero-order valence-corrected chi connectivity index (χ0v) is 16.9. The predicted octanol–water partition coefficient (Wildman–Crippen LogP) is 4.47. The van der Waals surface area contributed by atoms with Crippen LogP contribution in [-0.2, 0) is 9.53 Å². The van der Waals surface area contributed by atoms with Crippen LogP contribution in [0.5, 0.6) is 0 Å². The second-order valence-electron chi connectivity index (χ2n) is 7.46. The average molecular weight is 400 g/mol. The van der Waals surface area contributed by atoms with Crippen molar-refractivity contribution in [3.63, 3.8) is 0 Å². The van der Waals surface area contributed by atoms with Gasteiger partial charge in [-0.05, 0) is 50.6 Å². The number of halogens is 2. The molecule has 3 atom stereocenters. The number of morpholine rings is 1. The quantitative estimate of drug-likeness (QED) is 0.753. The Morgan fingerprint density at radius 1 is 1.17 bits per heavy atom. The third-order valence-corrected chi connectivity index (χ3v) is 4.91. The largest absolute Gasteiger partial charge is 0.372 e. The second-order valence-corrected chi connectivity index (χ2v) is 7.46. The van der Waals surface area contributed by atoms with Gasteiger partial charge in [0.2, 0.25) is 5.91 Å². The van der Waals surface area contributed by atoms with Crippen LogP contribution in [0.2, 0.25) is 0 Å². The van der Waals surface area contributed by atoms with Crippen LogP contribution in [0.15, 0.2) is 48.5 Å². The average Bonchev–Trinajstić information content (AvgIpc) is 2.68. The fraction of sp³-hybridized carbons (Fsp3) is 0.348. The molecule has 1 fully saturated rings. The number of hydrogen-bond acceptors (Lipinski definition) is 3. The minimum Gasteiger partial charge on any atom is -0.372 e. The normalized spacial score (nSPS) is 20.7. The van der Waals surface area contributed by atoms with E-state index < -0.39 is 11.6 Å². The van der Waals surface area contributed by atoms with Gasteiger partial charge in [0.25, 0.3) is 0 Å². The van der Waals surface area contributed by atoms with Gasteiger partial charge >= 0.3 is 0 Å². The number of benzene rings is 2. The molecule has 2 aromatic carbocycles. The molecule has 0 saturated carbocycles. The van der Waals surface area contributed by atoms with Gasteiger partial charge in [0.05, 0.1) is 18.2 Å². The molecule has 0 bridgehead atoms. The summed E-state index contributed by atoms with van der Waals surface area (Å²) < 4.78 is 32.7. The molecule has 0 aromatic heterocycles. The van der Waals surface area contributed by atoms with Crippen molar-refractivity contribution in [1.82, 2.24) is 5.32 Å². The van der Waals surface area contributed by atoms with Crippen LogP contribution in [0.3, 0.4) is 0 Å². The molecule has 1 aliphatic rings. The number of ether oxygens (including phenoxy) is 1. The summed E-state index contributed by atoms with van der Waals surface area (Å²) in [5.74, 6) is -2.28. The summed E-state index contributed by atoms with van der Waals surface area (Å²) in [6.07, 6.45) is 2.80. The Kier molecular flexibility index (Phi) is 6.64. The number of nitrogens with zero attached hydrogens (tertiary/aromatic N) is 1. The molecule has 29 heavy (non-hydrogen) atoms. The molecule has 0 spiro atoms. The lowest BCUT2D eigenvalue weighted by molar-refractivity contribution is -0.117. The monoisotopic (exact) mass is 400 g/mol. The van der Waals surface area contributed by atoms with Crippen LogP contribution >= 0.6 is 0 Å². The molecule has 1 saturated heterocycles. The van der Waals surface area contributed by atoms with Gasteiger partial charge < -0.3 is 15.0 Å². The second kappa shape index (κ2) is 9.18. The van der Waals surface area contributed by atoms with Crippen LogP contribution in [0.1, 0.15) is 37.9 Å². The van der Waals surface area contributed by atoms with E-state index in [1.165, 1.54) is 24.3 Å². The summed E-state index contributed by atoms with van der Waals surface area (Å²) in [7, 11) is 0. The lowest BCUT2D eigenvalue weighted by Gasteiger charge is -2.37. The first-order valence-electron chi connectivity index (χ1n) is 9.76. The molecule has 0 radical (unpaired) electrons. The highest BCUT2D eigenvalue weighted by atomic mass is 19.2. The predicted molar refractivity (Wildman–Crippen MR) is 111 cm³/mol. The number of carbonyl (C=O) groups excluding carboxylic acids is 1. The molecular weight excluding hydrogens is 374 g/mol. The molecule has 1 aliphatic heterocycles. The van der Waals surface area contributed by atoms with E-state index in [1.54, 1.807) is 0 Å². The third kappa shape index (κ3) is 5.41. The van der Waals surface area contributed by atoms with Gasteiger partial charge in [-0.1, -0.05) is 24.3 Å². The van der Waals surface area contributed by atoms with Crippen LogP contribution in [0.4, 0.5) is 14.5 Å². The first-order chi connectivity index (χ1) is 13.8. The van der Waals surface area contributed by atoms with Crippen molar-refractivity contribution in [2.45, 2.75) is 39.0 Å². The highest BCUT2D eigenvalue weighted by molar-refractivity contribution is 5.92. The van der Waals surface area contributed by atoms with E-state index in [-0.39, 0.29) is 29.7 Å². The summed E-state index contributed by atoms with van der Waals surface area (Å²) in [5, 5.41) is 2.86. The van der Waals surface area contributed by atoms with E-state index in [0.29, 0.717) is 0 Å². The molecular formula is C23H26F2N2O2. The van der Waals surface area contributed by atoms with Crippen LogP contribution in [0, 0.1) is 11.6 Å². The van der Waals surface area contributed by atoms with Crippen molar-refractivity contribution < 1.29 is 18.3 Å². The summed E-state index contributed by atoms with van der Waals surface area (Å²) in [4.78, 5) is 14.5. The van der Waals surface area contributed by atoms with Gasteiger partial charge in [-0.15, -0.1) is 0 Å². The van der Waals surface area contributed by atoms with Crippen molar-refractivity contribution in [3.8, 4) is 0 Å². The minimum atomic E-state index is -0.966. The van der Waals surface area contributed by atoms with E-state index in [4.69, 9.17) is 4.74 Å². The molecule has 1 N–H and O–H groups in total.